The number of halogens is 1. The van der Waals surface area contributed by atoms with E-state index in [0.717, 1.165) is 47.1 Å². The zero-order valence-corrected chi connectivity index (χ0v) is 25.0. The van der Waals surface area contributed by atoms with E-state index < -0.39 is 29.0 Å². The van der Waals surface area contributed by atoms with Crippen LogP contribution in [0.5, 0.6) is 0 Å². The summed E-state index contributed by atoms with van der Waals surface area (Å²) in [7, 11) is 0. The molecule has 3 aliphatic rings. The van der Waals surface area contributed by atoms with Crippen molar-refractivity contribution in [1.82, 2.24) is 24.4 Å². The van der Waals surface area contributed by atoms with Crippen molar-refractivity contribution in [3.8, 4) is 0 Å². The first-order chi connectivity index (χ1) is 21.4. The lowest BCUT2D eigenvalue weighted by atomic mass is 9.88. The maximum Gasteiger partial charge on any atom is 0.333 e. The van der Waals surface area contributed by atoms with E-state index in [9.17, 15) is 23.6 Å². The Kier molecular flexibility index (Phi) is 7.69. The molecule has 12 heteroatoms. The summed E-state index contributed by atoms with van der Waals surface area (Å²) < 4.78 is 17.3. The quantitative estimate of drug-likeness (QED) is 0.361. The Bertz CT molecular complexity index is 1880. The summed E-state index contributed by atoms with van der Waals surface area (Å²) in [6.07, 6.45) is 6.60. The van der Waals surface area contributed by atoms with Crippen LogP contribution in [0, 0.1) is 11.7 Å². The molecule has 0 bridgehead atoms. The summed E-state index contributed by atoms with van der Waals surface area (Å²) >= 11 is 1.83. The van der Waals surface area contributed by atoms with Gasteiger partial charge in [0.25, 0.3) is 5.56 Å². The Hall–Kier alpha value is -4.06. The molecule has 44 heavy (non-hydrogen) atoms. The van der Waals surface area contributed by atoms with Gasteiger partial charge in [0.15, 0.2) is 0 Å². The van der Waals surface area contributed by atoms with Gasteiger partial charge in [0.05, 0.1) is 23.0 Å². The van der Waals surface area contributed by atoms with E-state index in [1.165, 1.54) is 10.6 Å². The molecule has 1 aromatic carbocycles. The average Bonchev–Trinajstić information content (AvgIpc) is 3.49. The van der Waals surface area contributed by atoms with E-state index in [1.54, 1.807) is 10.8 Å². The summed E-state index contributed by atoms with van der Waals surface area (Å²) in [6.45, 7) is 0.301. The highest BCUT2D eigenvalue weighted by Gasteiger charge is 2.38. The number of anilines is 1. The summed E-state index contributed by atoms with van der Waals surface area (Å²) in [5, 5.41) is 3.80. The number of carbonyl (C=O) groups excluding carboxylic acids is 2. The lowest BCUT2D eigenvalue weighted by Gasteiger charge is -2.38. The fourth-order valence-electron chi connectivity index (χ4n) is 7.08. The van der Waals surface area contributed by atoms with Gasteiger partial charge in [0, 0.05) is 48.4 Å². The molecule has 1 saturated carbocycles. The molecule has 4 aromatic rings. The number of carbonyl (C=O) groups is 2. The minimum absolute atomic E-state index is 0.106. The standard InChI is InChI=1S/C32H33FN6O4S/c33-21-16-26-29(36-18-21)38(24-9-12-44-13-10-24)32(43)39(31(26)42)23-5-3-22(4-6-23)37(30(41)20-15-28(40)35-17-20)25-7-8-27-19(14-25)2-1-11-34-27/h1-2,7-8,11,14,16,18,20,22-24H,3-6,9-10,12-13,15,17H2,(H,35,40). The highest BCUT2D eigenvalue weighted by atomic mass is 32.2. The SMILES string of the molecule is O=C1CC(C(=O)N(c2ccc3ncccc3c2)C2CCC(n3c(=O)c4cc(F)cnc4n(C4CCSCC4)c3=O)CC2)CN1. The topological polar surface area (TPSA) is 119 Å². The van der Waals surface area contributed by atoms with Crippen molar-refractivity contribution < 1.29 is 14.0 Å². The summed E-state index contributed by atoms with van der Waals surface area (Å²) in [5.74, 6) is 0.480. The van der Waals surface area contributed by atoms with Gasteiger partial charge in [-0.25, -0.2) is 14.2 Å². The molecule has 0 spiro atoms. The number of hydrogen-bond acceptors (Lipinski definition) is 7. The fraction of sp³-hybridized carbons (Fsp3) is 0.438. The number of aromatic nitrogens is 4. The van der Waals surface area contributed by atoms with Gasteiger partial charge in [0.2, 0.25) is 11.8 Å². The smallest absolute Gasteiger partial charge is 0.333 e. The molecule has 3 fully saturated rings. The third-order valence-corrected chi connectivity index (χ3v) is 10.4. The maximum atomic E-state index is 14.3. The highest BCUT2D eigenvalue weighted by Crippen LogP contribution is 2.35. The van der Waals surface area contributed by atoms with Crippen LogP contribution in [-0.2, 0) is 9.59 Å². The van der Waals surface area contributed by atoms with E-state index in [0.29, 0.717) is 32.2 Å². The average molecular weight is 617 g/mol. The largest absolute Gasteiger partial charge is 0.355 e. The van der Waals surface area contributed by atoms with Gasteiger partial charge in [0.1, 0.15) is 11.5 Å². The molecule has 2 saturated heterocycles. The van der Waals surface area contributed by atoms with Crippen molar-refractivity contribution in [3.63, 3.8) is 0 Å². The Morgan fingerprint density at radius 3 is 2.48 bits per heavy atom. The van der Waals surface area contributed by atoms with Crippen LogP contribution < -0.4 is 21.5 Å². The first-order valence-electron chi connectivity index (χ1n) is 15.2. The zero-order valence-electron chi connectivity index (χ0n) is 24.2. The first kappa shape index (κ1) is 28.7. The van der Waals surface area contributed by atoms with Crippen molar-refractivity contribution in [2.45, 2.75) is 63.1 Å². The van der Waals surface area contributed by atoms with Crippen molar-refractivity contribution in [2.75, 3.05) is 23.0 Å². The second-order valence-corrected chi connectivity index (χ2v) is 13.2. The van der Waals surface area contributed by atoms with E-state index in [2.05, 4.69) is 15.3 Å². The van der Waals surface area contributed by atoms with Crippen molar-refractivity contribution in [2.24, 2.45) is 5.92 Å². The number of thioether (sulfide) groups is 1. The Morgan fingerprint density at radius 2 is 1.73 bits per heavy atom. The van der Waals surface area contributed by atoms with Crippen LogP contribution in [0.15, 0.2) is 58.4 Å². The van der Waals surface area contributed by atoms with Gasteiger partial charge >= 0.3 is 5.69 Å². The normalized spacial score (nSPS) is 22.8. The van der Waals surface area contributed by atoms with Gasteiger partial charge in [-0.15, -0.1) is 0 Å². The van der Waals surface area contributed by atoms with Crippen molar-refractivity contribution >= 4 is 51.2 Å². The van der Waals surface area contributed by atoms with Crippen LogP contribution in [0.2, 0.25) is 0 Å². The van der Waals surface area contributed by atoms with E-state index >= 15 is 0 Å². The van der Waals surface area contributed by atoms with Crippen molar-refractivity contribution in [1.29, 1.82) is 0 Å². The van der Waals surface area contributed by atoms with E-state index in [1.807, 2.05) is 47.0 Å². The molecule has 2 amide bonds. The van der Waals surface area contributed by atoms with Gasteiger partial charge in [-0.2, -0.15) is 11.8 Å². The Morgan fingerprint density at radius 1 is 0.955 bits per heavy atom. The predicted molar refractivity (Wildman–Crippen MR) is 167 cm³/mol. The minimum atomic E-state index is -0.617. The molecule has 5 heterocycles. The number of rotatable bonds is 5. The number of hydrogen-bond donors (Lipinski definition) is 1. The number of nitrogens with zero attached hydrogens (tertiary/aromatic N) is 5. The molecule has 228 valence electrons. The molecule has 1 unspecified atom stereocenters. The van der Waals surface area contributed by atoms with Gasteiger partial charge in [-0.3, -0.25) is 28.5 Å². The van der Waals surface area contributed by atoms with Crippen LogP contribution in [-0.4, -0.2) is 55.0 Å². The monoisotopic (exact) mass is 616 g/mol. The second-order valence-electron chi connectivity index (χ2n) is 12.0. The molecule has 7 rings (SSSR count). The van der Waals surface area contributed by atoms with Crippen molar-refractivity contribution in [3.05, 3.63) is 75.4 Å². The summed E-state index contributed by atoms with van der Waals surface area (Å²) in [4.78, 5) is 64.2. The van der Waals surface area contributed by atoms with Gasteiger partial charge in [-0.05, 0) is 80.4 Å². The van der Waals surface area contributed by atoms with Crippen LogP contribution >= 0.6 is 11.8 Å². The number of nitrogens with one attached hydrogen (secondary N) is 1. The minimum Gasteiger partial charge on any atom is -0.355 e. The number of fused-ring (bicyclic) bond motifs is 2. The lowest BCUT2D eigenvalue weighted by molar-refractivity contribution is -0.125. The van der Waals surface area contributed by atoms with Crippen LogP contribution in [0.25, 0.3) is 21.9 Å². The zero-order chi connectivity index (χ0) is 30.4. The predicted octanol–water partition coefficient (Wildman–Crippen LogP) is 3.97. The summed E-state index contributed by atoms with van der Waals surface area (Å²) in [6, 6.07) is 10.0. The molecular formula is C32H33FN6O4S. The molecule has 2 aliphatic heterocycles. The second kappa shape index (κ2) is 11.8. The molecule has 3 aromatic heterocycles. The third-order valence-electron chi connectivity index (χ3n) is 9.30. The third kappa shape index (κ3) is 5.18. The lowest BCUT2D eigenvalue weighted by Crippen LogP contribution is -2.49. The van der Waals surface area contributed by atoms with Gasteiger partial charge < -0.3 is 10.2 Å². The molecular weight excluding hydrogens is 583 g/mol. The number of pyridine rings is 2. The Balaban J connectivity index is 1.23. The first-order valence-corrected chi connectivity index (χ1v) is 16.4. The van der Waals surface area contributed by atoms with E-state index in [4.69, 9.17) is 0 Å². The highest BCUT2D eigenvalue weighted by molar-refractivity contribution is 7.99. The number of amides is 2. The van der Waals surface area contributed by atoms with Gasteiger partial charge in [-0.1, -0.05) is 6.07 Å². The number of benzene rings is 1. The molecule has 1 aliphatic carbocycles. The van der Waals surface area contributed by atoms with Crippen LogP contribution in [0.1, 0.15) is 57.0 Å². The molecule has 10 nitrogen and oxygen atoms in total. The maximum absolute atomic E-state index is 14.3. The van der Waals surface area contributed by atoms with E-state index in [-0.39, 0.29) is 41.4 Å². The molecule has 0 radical (unpaired) electrons. The summed E-state index contributed by atoms with van der Waals surface area (Å²) in [5.41, 5.74) is 0.880. The molecule has 1 atom stereocenters. The fourth-order valence-corrected chi connectivity index (χ4v) is 8.16. The van der Waals surface area contributed by atoms with Crippen LogP contribution in [0.3, 0.4) is 0 Å². The molecule has 1 N–H and O–H groups in total. The van der Waals surface area contributed by atoms with Crippen LogP contribution in [0.4, 0.5) is 10.1 Å². The Labute approximate surface area is 256 Å².